The minimum atomic E-state index is -0.208. The summed E-state index contributed by atoms with van der Waals surface area (Å²) in [5.74, 6) is 1.09. The van der Waals surface area contributed by atoms with Gasteiger partial charge in [-0.15, -0.1) is 0 Å². The molecule has 4 nitrogen and oxygen atoms in total. The van der Waals surface area contributed by atoms with Gasteiger partial charge in [-0.3, -0.25) is 4.79 Å². The van der Waals surface area contributed by atoms with Crippen molar-refractivity contribution in [3.05, 3.63) is 54.1 Å². The molecule has 4 heteroatoms. The molecule has 0 saturated heterocycles. The minimum Gasteiger partial charge on any atom is -0.496 e. The number of rotatable bonds is 6. The summed E-state index contributed by atoms with van der Waals surface area (Å²) in [6.07, 6.45) is 0.942. The molecule has 21 heavy (non-hydrogen) atoms. The van der Waals surface area contributed by atoms with E-state index < -0.39 is 0 Å². The van der Waals surface area contributed by atoms with Gasteiger partial charge < -0.3 is 14.8 Å². The lowest BCUT2D eigenvalue weighted by molar-refractivity contribution is 0.102. The van der Waals surface area contributed by atoms with Crippen molar-refractivity contribution < 1.29 is 14.3 Å². The van der Waals surface area contributed by atoms with Crippen LogP contribution < -0.4 is 14.8 Å². The van der Waals surface area contributed by atoms with Gasteiger partial charge in [0.15, 0.2) is 0 Å². The highest BCUT2D eigenvalue weighted by molar-refractivity contribution is 6.06. The van der Waals surface area contributed by atoms with Crippen molar-refractivity contribution in [1.82, 2.24) is 0 Å². The molecule has 0 aliphatic heterocycles. The molecule has 0 aromatic heterocycles. The van der Waals surface area contributed by atoms with Gasteiger partial charge in [-0.25, -0.2) is 0 Å². The molecule has 0 radical (unpaired) electrons. The van der Waals surface area contributed by atoms with E-state index in [-0.39, 0.29) is 5.91 Å². The summed E-state index contributed by atoms with van der Waals surface area (Å²) in [6, 6.07) is 14.5. The maximum Gasteiger partial charge on any atom is 0.259 e. The molecule has 110 valence electrons. The van der Waals surface area contributed by atoms with E-state index in [9.17, 15) is 4.79 Å². The zero-order valence-corrected chi connectivity index (χ0v) is 12.3. The van der Waals surface area contributed by atoms with Gasteiger partial charge >= 0.3 is 0 Å². The topological polar surface area (TPSA) is 47.6 Å². The summed E-state index contributed by atoms with van der Waals surface area (Å²) in [5, 5.41) is 2.85. The van der Waals surface area contributed by atoms with Gasteiger partial charge in [0.1, 0.15) is 11.5 Å². The Morgan fingerprint density at radius 3 is 2.71 bits per heavy atom. The lowest BCUT2D eigenvalue weighted by atomic mass is 10.2. The lowest BCUT2D eigenvalue weighted by Crippen LogP contribution is -2.13. The van der Waals surface area contributed by atoms with Gasteiger partial charge in [0.25, 0.3) is 5.91 Å². The van der Waals surface area contributed by atoms with Crippen LogP contribution in [0.1, 0.15) is 23.7 Å². The molecule has 0 heterocycles. The van der Waals surface area contributed by atoms with Gasteiger partial charge in [0, 0.05) is 11.8 Å². The second-order valence-electron chi connectivity index (χ2n) is 4.53. The molecule has 0 aliphatic rings. The van der Waals surface area contributed by atoms with Crippen molar-refractivity contribution >= 4 is 11.6 Å². The van der Waals surface area contributed by atoms with E-state index >= 15 is 0 Å². The first kappa shape index (κ1) is 14.9. The average molecular weight is 285 g/mol. The van der Waals surface area contributed by atoms with Gasteiger partial charge in [-0.1, -0.05) is 25.1 Å². The summed E-state index contributed by atoms with van der Waals surface area (Å²) in [4.78, 5) is 12.3. The summed E-state index contributed by atoms with van der Waals surface area (Å²) < 4.78 is 10.7. The number of hydrogen-bond acceptors (Lipinski definition) is 3. The molecule has 0 unspecified atom stereocenters. The number of carbonyl (C=O) groups excluding carboxylic acids is 1. The molecule has 0 bridgehead atoms. The Bertz CT molecular complexity index is 610. The normalized spacial score (nSPS) is 10.0. The number of anilines is 1. The van der Waals surface area contributed by atoms with Gasteiger partial charge in [0.05, 0.1) is 19.3 Å². The van der Waals surface area contributed by atoms with E-state index in [0.717, 1.165) is 12.2 Å². The average Bonchev–Trinajstić information content (AvgIpc) is 2.53. The number of amides is 1. The maximum atomic E-state index is 12.3. The van der Waals surface area contributed by atoms with Crippen molar-refractivity contribution in [3.63, 3.8) is 0 Å². The number of carbonyl (C=O) groups is 1. The molecule has 2 rings (SSSR count). The Balaban J connectivity index is 2.12. The Labute approximate surface area is 124 Å². The molecule has 0 spiro atoms. The van der Waals surface area contributed by atoms with Crippen LogP contribution in [0.4, 0.5) is 5.69 Å². The summed E-state index contributed by atoms with van der Waals surface area (Å²) in [7, 11) is 1.55. The van der Waals surface area contributed by atoms with Gasteiger partial charge in [-0.2, -0.15) is 0 Å². The molecule has 1 N–H and O–H groups in total. The number of ether oxygens (including phenoxy) is 2. The van der Waals surface area contributed by atoms with E-state index in [0.29, 0.717) is 23.6 Å². The number of nitrogens with one attached hydrogen (secondary N) is 1. The molecule has 1 amide bonds. The molecule has 0 saturated carbocycles. The lowest BCUT2D eigenvalue weighted by Gasteiger charge is -2.10. The van der Waals surface area contributed by atoms with Crippen LogP contribution in [0.25, 0.3) is 0 Å². The third kappa shape index (κ3) is 3.99. The largest absolute Gasteiger partial charge is 0.496 e. The van der Waals surface area contributed by atoms with Crippen LogP contribution in [0, 0.1) is 0 Å². The third-order valence-corrected chi connectivity index (χ3v) is 2.92. The monoisotopic (exact) mass is 285 g/mol. The van der Waals surface area contributed by atoms with Gasteiger partial charge in [0.2, 0.25) is 0 Å². The zero-order valence-electron chi connectivity index (χ0n) is 12.3. The Kier molecular flexibility index (Phi) is 5.21. The SMILES string of the molecule is CCCOc1cccc(NC(=O)c2ccccc2OC)c1. The molecule has 0 aliphatic carbocycles. The van der Waals surface area contributed by atoms with Crippen LogP contribution in [0.2, 0.25) is 0 Å². The Morgan fingerprint density at radius 1 is 1.14 bits per heavy atom. The van der Waals surface area contributed by atoms with Crippen LogP contribution in [0.3, 0.4) is 0 Å². The standard InChI is InChI=1S/C17H19NO3/c1-3-11-21-14-8-6-7-13(12-14)18-17(19)15-9-4-5-10-16(15)20-2/h4-10,12H,3,11H2,1-2H3,(H,18,19). The van der Waals surface area contributed by atoms with E-state index in [1.165, 1.54) is 0 Å². The second kappa shape index (κ2) is 7.33. The molecular weight excluding hydrogens is 266 g/mol. The molecule has 0 fully saturated rings. The number of hydrogen-bond donors (Lipinski definition) is 1. The zero-order chi connectivity index (χ0) is 15.1. The second-order valence-corrected chi connectivity index (χ2v) is 4.53. The van der Waals surface area contributed by atoms with Crippen molar-refractivity contribution in [2.75, 3.05) is 19.0 Å². The highest BCUT2D eigenvalue weighted by Gasteiger charge is 2.11. The quantitative estimate of drug-likeness (QED) is 0.879. The Hall–Kier alpha value is -2.49. The highest BCUT2D eigenvalue weighted by atomic mass is 16.5. The molecule has 0 atom stereocenters. The fourth-order valence-corrected chi connectivity index (χ4v) is 1.91. The molecule has 2 aromatic carbocycles. The molecular formula is C17H19NO3. The predicted molar refractivity (Wildman–Crippen MR) is 83.2 cm³/mol. The first-order valence-corrected chi connectivity index (χ1v) is 6.92. The number of benzene rings is 2. The van der Waals surface area contributed by atoms with Crippen molar-refractivity contribution in [1.29, 1.82) is 0 Å². The van der Waals surface area contributed by atoms with E-state index in [1.54, 1.807) is 25.3 Å². The minimum absolute atomic E-state index is 0.208. The van der Waals surface area contributed by atoms with Crippen LogP contribution >= 0.6 is 0 Å². The van der Waals surface area contributed by atoms with Crippen molar-refractivity contribution in [2.45, 2.75) is 13.3 Å². The van der Waals surface area contributed by atoms with E-state index in [2.05, 4.69) is 5.32 Å². The fourth-order valence-electron chi connectivity index (χ4n) is 1.91. The van der Waals surface area contributed by atoms with E-state index in [1.807, 2.05) is 37.3 Å². The summed E-state index contributed by atoms with van der Waals surface area (Å²) in [5.41, 5.74) is 1.19. The maximum absolute atomic E-state index is 12.3. The summed E-state index contributed by atoms with van der Waals surface area (Å²) in [6.45, 7) is 2.71. The van der Waals surface area contributed by atoms with E-state index in [4.69, 9.17) is 9.47 Å². The number of para-hydroxylation sites is 1. The first-order valence-electron chi connectivity index (χ1n) is 6.92. The third-order valence-electron chi connectivity index (χ3n) is 2.92. The predicted octanol–water partition coefficient (Wildman–Crippen LogP) is 3.74. The number of methoxy groups -OCH3 is 1. The van der Waals surface area contributed by atoms with Crippen LogP contribution in [-0.2, 0) is 0 Å². The first-order chi connectivity index (χ1) is 10.2. The van der Waals surface area contributed by atoms with Crippen molar-refractivity contribution in [3.8, 4) is 11.5 Å². The van der Waals surface area contributed by atoms with Crippen LogP contribution in [-0.4, -0.2) is 19.6 Å². The van der Waals surface area contributed by atoms with Gasteiger partial charge in [-0.05, 0) is 30.7 Å². The smallest absolute Gasteiger partial charge is 0.259 e. The van der Waals surface area contributed by atoms with Crippen molar-refractivity contribution in [2.24, 2.45) is 0 Å². The molecule has 2 aromatic rings. The highest BCUT2D eigenvalue weighted by Crippen LogP contribution is 2.21. The Morgan fingerprint density at radius 2 is 1.95 bits per heavy atom. The fraction of sp³-hybridized carbons (Fsp3) is 0.235. The van der Waals surface area contributed by atoms with Crippen LogP contribution in [0.15, 0.2) is 48.5 Å². The van der Waals surface area contributed by atoms with Crippen LogP contribution in [0.5, 0.6) is 11.5 Å². The summed E-state index contributed by atoms with van der Waals surface area (Å²) >= 11 is 0.